The number of aryl methyl sites for hydroxylation is 1. The highest BCUT2D eigenvalue weighted by Crippen LogP contribution is 2.36. The zero-order valence-electron chi connectivity index (χ0n) is 16.3. The van der Waals surface area contributed by atoms with Gasteiger partial charge in [-0.1, -0.05) is 6.07 Å². The van der Waals surface area contributed by atoms with Gasteiger partial charge in [-0.3, -0.25) is 4.79 Å². The van der Waals surface area contributed by atoms with Crippen molar-refractivity contribution in [1.82, 2.24) is 15.0 Å². The number of anilines is 1. The first kappa shape index (κ1) is 18.2. The van der Waals surface area contributed by atoms with Gasteiger partial charge < -0.3 is 20.1 Å². The first-order valence-corrected chi connectivity index (χ1v) is 9.79. The summed E-state index contributed by atoms with van der Waals surface area (Å²) in [6, 6.07) is 12.1. The van der Waals surface area contributed by atoms with Crippen molar-refractivity contribution in [2.45, 2.75) is 25.8 Å². The first-order chi connectivity index (χ1) is 14.5. The van der Waals surface area contributed by atoms with Gasteiger partial charge in [-0.25, -0.2) is 9.97 Å². The van der Waals surface area contributed by atoms with E-state index in [2.05, 4.69) is 21.0 Å². The number of phenolic OH excluding ortho intramolecular Hbond substituents is 2. The zero-order chi connectivity index (χ0) is 20.8. The lowest BCUT2D eigenvalue weighted by molar-refractivity contribution is 0.0972. The number of H-pyrrole nitrogens is 1. The summed E-state index contributed by atoms with van der Waals surface area (Å²) in [6.45, 7) is 2.00. The number of nitrogens with one attached hydrogen (secondary N) is 1. The monoisotopic (exact) mass is 400 g/mol. The predicted octanol–water partition coefficient (Wildman–Crippen LogP) is 4.02. The molecular formula is C23H20N4O3. The summed E-state index contributed by atoms with van der Waals surface area (Å²) in [7, 11) is 0. The lowest BCUT2D eigenvalue weighted by atomic mass is 9.93. The molecule has 7 nitrogen and oxygen atoms in total. The van der Waals surface area contributed by atoms with Gasteiger partial charge in [0.1, 0.15) is 23.5 Å². The Bertz CT molecular complexity index is 1250. The summed E-state index contributed by atoms with van der Waals surface area (Å²) in [6.07, 6.45) is 4.96. The van der Waals surface area contributed by atoms with Crippen LogP contribution in [0.5, 0.6) is 11.5 Å². The van der Waals surface area contributed by atoms with Crippen molar-refractivity contribution in [3.8, 4) is 22.8 Å². The average molecular weight is 400 g/mol. The fourth-order valence-corrected chi connectivity index (χ4v) is 4.08. The highest BCUT2D eigenvalue weighted by Gasteiger charge is 2.30. The van der Waals surface area contributed by atoms with Gasteiger partial charge in [-0.15, -0.1) is 0 Å². The van der Waals surface area contributed by atoms with Crippen molar-refractivity contribution in [3.05, 3.63) is 66.1 Å². The average Bonchev–Trinajstić information content (AvgIpc) is 3.17. The maximum absolute atomic E-state index is 13.2. The summed E-state index contributed by atoms with van der Waals surface area (Å²) in [5, 5.41) is 20.6. The number of carbonyl (C=O) groups excluding carboxylic acids is 1. The molecular weight excluding hydrogens is 380 g/mol. The second-order valence-corrected chi connectivity index (χ2v) is 7.62. The number of fused-ring (bicyclic) bond motifs is 2. The molecule has 1 aliphatic rings. The molecule has 5 rings (SSSR count). The molecule has 0 aliphatic carbocycles. The second kappa shape index (κ2) is 6.88. The molecule has 0 spiro atoms. The molecule has 0 saturated heterocycles. The minimum atomic E-state index is -0.283. The lowest BCUT2D eigenvalue weighted by Crippen LogP contribution is -2.42. The van der Waals surface area contributed by atoms with Gasteiger partial charge in [-0.05, 0) is 61.2 Å². The van der Waals surface area contributed by atoms with E-state index in [1.165, 1.54) is 24.5 Å². The molecule has 3 heterocycles. The number of aromatic hydroxyl groups is 2. The van der Waals surface area contributed by atoms with Gasteiger partial charge in [0.25, 0.3) is 5.91 Å². The Morgan fingerprint density at radius 2 is 2.03 bits per heavy atom. The van der Waals surface area contributed by atoms with Crippen molar-refractivity contribution in [3.63, 3.8) is 0 Å². The minimum absolute atomic E-state index is 0.00703. The van der Waals surface area contributed by atoms with Crippen LogP contribution in [0.1, 0.15) is 29.3 Å². The van der Waals surface area contributed by atoms with Gasteiger partial charge >= 0.3 is 0 Å². The minimum Gasteiger partial charge on any atom is -0.508 e. The smallest absolute Gasteiger partial charge is 0.262 e. The molecule has 0 fully saturated rings. The van der Waals surface area contributed by atoms with Crippen LogP contribution in [-0.4, -0.2) is 37.1 Å². The Balaban J connectivity index is 1.54. The van der Waals surface area contributed by atoms with Crippen LogP contribution in [0, 0.1) is 0 Å². The summed E-state index contributed by atoms with van der Waals surface area (Å²) >= 11 is 0. The maximum Gasteiger partial charge on any atom is 0.262 e. The first-order valence-electron chi connectivity index (χ1n) is 9.79. The van der Waals surface area contributed by atoms with Gasteiger partial charge in [0.2, 0.25) is 0 Å². The van der Waals surface area contributed by atoms with E-state index in [0.29, 0.717) is 0 Å². The van der Waals surface area contributed by atoms with E-state index in [1.807, 2.05) is 25.1 Å². The molecule has 0 bridgehead atoms. The van der Waals surface area contributed by atoms with Gasteiger partial charge in [0.05, 0.1) is 5.56 Å². The summed E-state index contributed by atoms with van der Waals surface area (Å²) in [5.41, 5.74) is 4.83. The molecule has 0 saturated carbocycles. The standard InChI is InChI=1S/C23H20N4O3/c1-13-2-3-15-8-14(19-9-16-11-24-12-25-22(16)26-19)4-7-20(15)27(13)23(30)18-6-5-17(28)10-21(18)29/h4-13,28-29H,2-3H2,1H3,(H,24,25,26)/t13-/m0/s1. The van der Waals surface area contributed by atoms with E-state index in [1.54, 1.807) is 11.1 Å². The molecule has 4 aromatic rings. The van der Waals surface area contributed by atoms with Crippen LogP contribution in [0.3, 0.4) is 0 Å². The maximum atomic E-state index is 13.2. The second-order valence-electron chi connectivity index (χ2n) is 7.62. The van der Waals surface area contributed by atoms with Crippen LogP contribution >= 0.6 is 0 Å². The Kier molecular flexibility index (Phi) is 4.17. The van der Waals surface area contributed by atoms with Crippen LogP contribution in [-0.2, 0) is 6.42 Å². The van der Waals surface area contributed by atoms with E-state index >= 15 is 0 Å². The largest absolute Gasteiger partial charge is 0.508 e. The molecule has 1 atom stereocenters. The molecule has 150 valence electrons. The number of aromatic nitrogens is 3. The Hall–Kier alpha value is -3.87. The van der Waals surface area contributed by atoms with E-state index in [-0.39, 0.29) is 29.0 Å². The topological polar surface area (TPSA) is 102 Å². The fraction of sp³-hybridized carbons (Fsp3) is 0.174. The molecule has 3 N–H and O–H groups in total. The van der Waals surface area contributed by atoms with Crippen molar-refractivity contribution in [2.24, 2.45) is 0 Å². The molecule has 1 aliphatic heterocycles. The van der Waals surface area contributed by atoms with Crippen molar-refractivity contribution >= 4 is 22.6 Å². The summed E-state index contributed by atoms with van der Waals surface area (Å²) < 4.78 is 0. The van der Waals surface area contributed by atoms with Gasteiger partial charge in [0, 0.05) is 35.1 Å². The number of phenols is 2. The number of aromatic amines is 1. The van der Waals surface area contributed by atoms with Crippen LogP contribution in [0.25, 0.3) is 22.3 Å². The Morgan fingerprint density at radius 3 is 2.83 bits per heavy atom. The molecule has 2 aromatic heterocycles. The number of amides is 1. The Morgan fingerprint density at radius 1 is 1.17 bits per heavy atom. The number of rotatable bonds is 2. The van der Waals surface area contributed by atoms with Crippen molar-refractivity contribution in [1.29, 1.82) is 0 Å². The lowest BCUT2D eigenvalue weighted by Gasteiger charge is -2.35. The highest BCUT2D eigenvalue weighted by molar-refractivity contribution is 6.09. The van der Waals surface area contributed by atoms with Crippen LogP contribution in [0.2, 0.25) is 0 Å². The molecule has 2 aromatic carbocycles. The van der Waals surface area contributed by atoms with Gasteiger partial charge in [0.15, 0.2) is 0 Å². The fourth-order valence-electron chi connectivity index (χ4n) is 4.08. The quantitative estimate of drug-likeness (QED) is 0.472. The molecule has 7 heteroatoms. The SMILES string of the molecule is C[C@H]1CCc2cc(-c3cc4cncnc4[nH]3)ccc2N1C(=O)c1ccc(O)cc1O. The number of benzene rings is 2. The van der Waals surface area contributed by atoms with Gasteiger partial charge in [-0.2, -0.15) is 0 Å². The summed E-state index contributed by atoms with van der Waals surface area (Å²) in [4.78, 5) is 26.6. The zero-order valence-corrected chi connectivity index (χ0v) is 16.3. The van der Waals surface area contributed by atoms with Crippen molar-refractivity contribution < 1.29 is 15.0 Å². The van der Waals surface area contributed by atoms with Crippen molar-refractivity contribution in [2.75, 3.05) is 4.90 Å². The third-order valence-corrected chi connectivity index (χ3v) is 5.65. The van der Waals surface area contributed by atoms with E-state index < -0.39 is 0 Å². The van der Waals surface area contributed by atoms with E-state index in [0.717, 1.165) is 46.4 Å². The number of nitrogens with zero attached hydrogens (tertiary/aromatic N) is 3. The number of hydrogen-bond acceptors (Lipinski definition) is 5. The predicted molar refractivity (Wildman–Crippen MR) is 114 cm³/mol. The number of carbonyl (C=O) groups is 1. The number of hydrogen-bond donors (Lipinski definition) is 3. The highest BCUT2D eigenvalue weighted by atomic mass is 16.3. The van der Waals surface area contributed by atoms with Crippen LogP contribution in [0.15, 0.2) is 55.0 Å². The molecule has 0 radical (unpaired) electrons. The molecule has 0 unspecified atom stereocenters. The third-order valence-electron chi connectivity index (χ3n) is 5.65. The molecule has 30 heavy (non-hydrogen) atoms. The van der Waals surface area contributed by atoms with E-state index in [4.69, 9.17) is 0 Å². The Labute approximate surface area is 172 Å². The normalized spacial score (nSPS) is 15.9. The molecule has 1 amide bonds. The van der Waals surface area contributed by atoms with E-state index in [9.17, 15) is 15.0 Å². The summed E-state index contributed by atoms with van der Waals surface area (Å²) in [5.74, 6) is -0.589. The third kappa shape index (κ3) is 2.95. The van der Waals surface area contributed by atoms with Crippen LogP contribution in [0.4, 0.5) is 5.69 Å². The van der Waals surface area contributed by atoms with Crippen LogP contribution < -0.4 is 4.90 Å².